The van der Waals surface area contributed by atoms with Crippen molar-refractivity contribution < 1.29 is 19.1 Å². The van der Waals surface area contributed by atoms with Crippen LogP contribution < -0.4 is 5.32 Å². The molecule has 0 aliphatic carbocycles. The van der Waals surface area contributed by atoms with Crippen LogP contribution in [0.4, 0.5) is 0 Å². The van der Waals surface area contributed by atoms with Gasteiger partial charge in [0.1, 0.15) is 6.04 Å². The number of benzene rings is 2. The van der Waals surface area contributed by atoms with Crippen LogP contribution in [0.2, 0.25) is 5.02 Å². The second-order valence-corrected chi connectivity index (χ2v) is 7.13. The van der Waals surface area contributed by atoms with E-state index in [0.717, 1.165) is 0 Å². The predicted molar refractivity (Wildman–Crippen MR) is 107 cm³/mol. The number of nitrogens with one attached hydrogen (secondary N) is 1. The first-order valence-corrected chi connectivity index (χ1v) is 10.1. The molecule has 0 radical (unpaired) electrons. The predicted octanol–water partition coefficient (Wildman–Crippen LogP) is 3.62. The molecule has 0 fully saturated rings. The van der Waals surface area contributed by atoms with Gasteiger partial charge in [-0.05, 0) is 54.8 Å². The van der Waals surface area contributed by atoms with Crippen LogP contribution in [0.1, 0.15) is 27.1 Å². The zero-order valence-corrected chi connectivity index (χ0v) is 16.4. The van der Waals surface area contributed by atoms with Crippen LogP contribution in [-0.4, -0.2) is 42.3 Å². The maximum absolute atomic E-state index is 12.4. The Morgan fingerprint density at radius 1 is 1.04 bits per heavy atom. The maximum Gasteiger partial charge on any atom is 0.329 e. The molecule has 0 heterocycles. The first kappa shape index (κ1) is 21.0. The SMILES string of the molecule is CSCC[C@@H](NC(=O)c1ccccc1)C(=O)OCC(=O)c1ccc(Cl)cc1. The number of rotatable bonds is 9. The van der Waals surface area contributed by atoms with Gasteiger partial charge in [-0.1, -0.05) is 29.8 Å². The number of Topliss-reactive ketones (excluding diaryl/α,β-unsaturated/α-hetero) is 1. The zero-order chi connectivity index (χ0) is 19.6. The first-order chi connectivity index (χ1) is 13.0. The van der Waals surface area contributed by atoms with E-state index in [4.69, 9.17) is 16.3 Å². The number of carbonyl (C=O) groups is 3. The summed E-state index contributed by atoms with van der Waals surface area (Å²) >= 11 is 7.35. The Labute approximate surface area is 167 Å². The maximum atomic E-state index is 12.4. The molecule has 5 nitrogen and oxygen atoms in total. The molecule has 0 aliphatic heterocycles. The summed E-state index contributed by atoms with van der Waals surface area (Å²) in [6, 6.07) is 14.1. The number of esters is 1. The van der Waals surface area contributed by atoms with E-state index in [2.05, 4.69) is 5.32 Å². The molecule has 0 aromatic heterocycles. The van der Waals surface area contributed by atoms with Gasteiger partial charge in [0.2, 0.25) is 0 Å². The standard InChI is InChI=1S/C20H20ClNO4S/c1-27-12-11-17(22-19(24)15-5-3-2-4-6-15)20(25)26-13-18(23)14-7-9-16(21)10-8-14/h2-10,17H,11-13H2,1H3,(H,22,24)/t17-/m1/s1. The molecule has 0 saturated carbocycles. The Balaban J connectivity index is 1.96. The normalized spacial score (nSPS) is 11.5. The third kappa shape index (κ3) is 6.73. The third-order valence-electron chi connectivity index (χ3n) is 3.75. The van der Waals surface area contributed by atoms with Crippen molar-refractivity contribution in [3.05, 3.63) is 70.7 Å². The molecule has 0 aliphatic rings. The summed E-state index contributed by atoms with van der Waals surface area (Å²) in [7, 11) is 0. The Kier molecular flexibility index (Phi) is 8.36. The lowest BCUT2D eigenvalue weighted by molar-refractivity contribution is -0.144. The van der Waals surface area contributed by atoms with Crippen LogP contribution in [0.25, 0.3) is 0 Å². The van der Waals surface area contributed by atoms with Crippen molar-refractivity contribution in [2.45, 2.75) is 12.5 Å². The summed E-state index contributed by atoms with van der Waals surface area (Å²) in [4.78, 5) is 36.8. The highest BCUT2D eigenvalue weighted by atomic mass is 35.5. The summed E-state index contributed by atoms with van der Waals surface area (Å²) in [6.07, 6.45) is 2.32. The van der Waals surface area contributed by atoms with E-state index in [1.54, 1.807) is 66.4 Å². The molecule has 142 valence electrons. The Morgan fingerprint density at radius 2 is 1.70 bits per heavy atom. The minimum absolute atomic E-state index is 0.335. The second kappa shape index (κ2) is 10.7. The van der Waals surface area contributed by atoms with Crippen LogP contribution in [0.15, 0.2) is 54.6 Å². The number of amides is 1. The zero-order valence-electron chi connectivity index (χ0n) is 14.8. The second-order valence-electron chi connectivity index (χ2n) is 5.71. The van der Waals surface area contributed by atoms with Crippen molar-refractivity contribution in [2.75, 3.05) is 18.6 Å². The summed E-state index contributed by atoms with van der Waals surface area (Å²) in [5.74, 6) is -0.656. The Hall–Kier alpha value is -2.31. The molecular formula is C20H20ClNO4S. The lowest BCUT2D eigenvalue weighted by Crippen LogP contribution is -2.42. The fourth-order valence-electron chi connectivity index (χ4n) is 2.27. The molecule has 1 atom stereocenters. The highest BCUT2D eigenvalue weighted by Crippen LogP contribution is 2.11. The molecule has 0 unspecified atom stereocenters. The average molecular weight is 406 g/mol. The van der Waals surface area contributed by atoms with E-state index < -0.39 is 18.6 Å². The smallest absolute Gasteiger partial charge is 0.329 e. The molecule has 1 N–H and O–H groups in total. The van der Waals surface area contributed by atoms with Gasteiger partial charge in [-0.25, -0.2) is 4.79 Å². The molecule has 0 bridgehead atoms. The van der Waals surface area contributed by atoms with Gasteiger partial charge in [-0.2, -0.15) is 11.8 Å². The van der Waals surface area contributed by atoms with Crippen molar-refractivity contribution in [3.8, 4) is 0 Å². The van der Waals surface area contributed by atoms with Crippen molar-refractivity contribution in [1.29, 1.82) is 0 Å². The van der Waals surface area contributed by atoms with Crippen LogP contribution in [-0.2, 0) is 9.53 Å². The van der Waals surface area contributed by atoms with Crippen LogP contribution in [0, 0.1) is 0 Å². The van der Waals surface area contributed by atoms with Gasteiger partial charge >= 0.3 is 5.97 Å². The van der Waals surface area contributed by atoms with Gasteiger partial charge in [0.25, 0.3) is 5.91 Å². The van der Waals surface area contributed by atoms with Crippen LogP contribution in [0.5, 0.6) is 0 Å². The quantitative estimate of drug-likeness (QED) is 0.509. The van der Waals surface area contributed by atoms with E-state index in [9.17, 15) is 14.4 Å². The van der Waals surface area contributed by atoms with E-state index in [1.165, 1.54) is 0 Å². The number of hydrogen-bond acceptors (Lipinski definition) is 5. The number of ketones is 1. The number of carbonyl (C=O) groups excluding carboxylic acids is 3. The van der Waals surface area contributed by atoms with Crippen molar-refractivity contribution >= 4 is 41.0 Å². The van der Waals surface area contributed by atoms with E-state index in [-0.39, 0.29) is 11.7 Å². The highest BCUT2D eigenvalue weighted by molar-refractivity contribution is 7.98. The number of hydrogen-bond donors (Lipinski definition) is 1. The lowest BCUT2D eigenvalue weighted by atomic mass is 10.1. The largest absolute Gasteiger partial charge is 0.456 e. The highest BCUT2D eigenvalue weighted by Gasteiger charge is 2.23. The van der Waals surface area contributed by atoms with Crippen LogP contribution >= 0.6 is 23.4 Å². The van der Waals surface area contributed by atoms with Gasteiger partial charge in [0, 0.05) is 16.1 Å². The van der Waals surface area contributed by atoms with E-state index >= 15 is 0 Å². The Morgan fingerprint density at radius 3 is 2.33 bits per heavy atom. The van der Waals surface area contributed by atoms with Crippen molar-refractivity contribution in [1.82, 2.24) is 5.32 Å². The monoisotopic (exact) mass is 405 g/mol. The molecule has 0 saturated heterocycles. The Bertz CT molecular complexity index is 780. The van der Waals surface area contributed by atoms with Gasteiger partial charge in [0.05, 0.1) is 0 Å². The minimum Gasteiger partial charge on any atom is -0.456 e. The van der Waals surface area contributed by atoms with Gasteiger partial charge in [-0.15, -0.1) is 0 Å². The van der Waals surface area contributed by atoms with Crippen molar-refractivity contribution in [2.24, 2.45) is 0 Å². The number of thioether (sulfide) groups is 1. The van der Waals surface area contributed by atoms with E-state index in [0.29, 0.717) is 28.3 Å². The van der Waals surface area contributed by atoms with Crippen molar-refractivity contribution in [3.63, 3.8) is 0 Å². The number of ether oxygens (including phenoxy) is 1. The summed E-state index contributed by atoms with van der Waals surface area (Å²) in [5, 5.41) is 3.20. The fourth-order valence-corrected chi connectivity index (χ4v) is 2.87. The first-order valence-electron chi connectivity index (χ1n) is 8.31. The molecule has 2 rings (SSSR count). The summed E-state index contributed by atoms with van der Waals surface area (Å²) < 4.78 is 5.14. The summed E-state index contributed by atoms with van der Waals surface area (Å²) in [6.45, 7) is -0.391. The topological polar surface area (TPSA) is 72.5 Å². The molecular weight excluding hydrogens is 386 g/mol. The van der Waals surface area contributed by atoms with Gasteiger partial charge < -0.3 is 10.1 Å². The third-order valence-corrected chi connectivity index (χ3v) is 4.64. The average Bonchev–Trinajstić information content (AvgIpc) is 2.70. The van der Waals surface area contributed by atoms with Gasteiger partial charge in [0.15, 0.2) is 12.4 Å². The number of halogens is 1. The molecule has 7 heteroatoms. The molecule has 0 spiro atoms. The lowest BCUT2D eigenvalue weighted by Gasteiger charge is -2.17. The van der Waals surface area contributed by atoms with Gasteiger partial charge in [-0.3, -0.25) is 9.59 Å². The minimum atomic E-state index is -0.817. The van der Waals surface area contributed by atoms with E-state index in [1.807, 2.05) is 6.26 Å². The molecule has 1 amide bonds. The molecule has 2 aromatic carbocycles. The fraction of sp³-hybridized carbons (Fsp3) is 0.250. The molecule has 2 aromatic rings. The summed E-state index contributed by atoms with van der Waals surface area (Å²) in [5.41, 5.74) is 0.859. The molecule has 27 heavy (non-hydrogen) atoms. The van der Waals surface area contributed by atoms with Crippen LogP contribution in [0.3, 0.4) is 0 Å².